The van der Waals surface area contributed by atoms with Gasteiger partial charge >= 0.3 is 0 Å². The second-order valence-electron chi connectivity index (χ2n) is 6.99. The van der Waals surface area contributed by atoms with E-state index in [0.29, 0.717) is 6.54 Å². The van der Waals surface area contributed by atoms with Crippen LogP contribution in [-0.4, -0.2) is 55.9 Å². The Labute approximate surface area is 168 Å². The highest BCUT2D eigenvalue weighted by atomic mass is 32.1. The summed E-state index contributed by atoms with van der Waals surface area (Å²) >= 11 is 1.43. The van der Waals surface area contributed by atoms with Crippen LogP contribution in [0, 0.1) is 6.92 Å². The molecule has 0 unspecified atom stereocenters. The molecule has 1 amide bonds. The molecule has 0 N–H and O–H groups in total. The molecule has 1 atom stereocenters. The summed E-state index contributed by atoms with van der Waals surface area (Å²) < 4.78 is 6.24. The maximum absolute atomic E-state index is 13.2. The number of aryl methyl sites for hydroxylation is 1. The molecular weight excluding hydrogens is 372 g/mol. The van der Waals surface area contributed by atoms with Crippen LogP contribution in [0.15, 0.2) is 42.7 Å². The van der Waals surface area contributed by atoms with E-state index in [1.165, 1.54) is 11.5 Å². The lowest BCUT2D eigenvalue weighted by atomic mass is 10.2. The summed E-state index contributed by atoms with van der Waals surface area (Å²) in [7, 11) is 0. The number of rotatable bonds is 4. The predicted molar refractivity (Wildman–Crippen MR) is 110 cm³/mol. The van der Waals surface area contributed by atoms with Crippen LogP contribution < -0.4 is 4.90 Å². The summed E-state index contributed by atoms with van der Waals surface area (Å²) in [6.07, 6.45) is 4.57. The molecule has 0 saturated carbocycles. The summed E-state index contributed by atoms with van der Waals surface area (Å²) in [5.41, 5.74) is 1.01. The third kappa shape index (κ3) is 3.77. The van der Waals surface area contributed by atoms with Gasteiger partial charge in [0.15, 0.2) is 0 Å². The molecule has 146 valence electrons. The van der Waals surface area contributed by atoms with Crippen molar-refractivity contribution in [2.75, 3.05) is 31.1 Å². The van der Waals surface area contributed by atoms with Crippen LogP contribution >= 0.6 is 11.5 Å². The SMILES string of the molecule is Cc1nsc(N2CCCN(C(=O)[C@H](C)n3ccnc3-c3ccccc3)CC2)n1. The third-order valence-electron chi connectivity index (χ3n) is 5.07. The fraction of sp³-hybridized carbons (Fsp3) is 0.400. The number of nitrogens with zero attached hydrogens (tertiary/aromatic N) is 6. The number of hydrogen-bond acceptors (Lipinski definition) is 6. The van der Waals surface area contributed by atoms with Gasteiger partial charge in [0.2, 0.25) is 11.0 Å². The molecule has 3 heterocycles. The first-order valence-corrected chi connectivity index (χ1v) is 10.3. The van der Waals surface area contributed by atoms with Gasteiger partial charge < -0.3 is 14.4 Å². The number of carbonyl (C=O) groups excluding carboxylic acids is 1. The van der Waals surface area contributed by atoms with E-state index in [9.17, 15) is 4.79 Å². The molecule has 1 aliphatic rings. The monoisotopic (exact) mass is 396 g/mol. The molecule has 2 aromatic heterocycles. The average molecular weight is 397 g/mol. The molecule has 28 heavy (non-hydrogen) atoms. The molecule has 7 nitrogen and oxygen atoms in total. The van der Waals surface area contributed by atoms with Crippen LogP contribution in [0.3, 0.4) is 0 Å². The van der Waals surface area contributed by atoms with Crippen LogP contribution in [0.25, 0.3) is 11.4 Å². The van der Waals surface area contributed by atoms with Crippen LogP contribution in [-0.2, 0) is 4.79 Å². The molecule has 0 aliphatic carbocycles. The molecule has 0 spiro atoms. The van der Waals surface area contributed by atoms with Crippen LogP contribution in [0.4, 0.5) is 5.13 Å². The fourth-order valence-corrected chi connectivity index (χ4v) is 4.29. The van der Waals surface area contributed by atoms with Gasteiger partial charge in [-0.05, 0) is 20.3 Å². The largest absolute Gasteiger partial charge is 0.345 e. The zero-order chi connectivity index (χ0) is 19.5. The number of carbonyl (C=O) groups is 1. The minimum Gasteiger partial charge on any atom is -0.345 e. The Morgan fingerprint density at radius 1 is 1.14 bits per heavy atom. The first kappa shape index (κ1) is 18.6. The zero-order valence-corrected chi connectivity index (χ0v) is 17.0. The van der Waals surface area contributed by atoms with E-state index in [1.807, 2.05) is 59.8 Å². The van der Waals surface area contributed by atoms with Gasteiger partial charge in [-0.3, -0.25) is 4.79 Å². The number of imidazole rings is 1. The van der Waals surface area contributed by atoms with E-state index in [4.69, 9.17) is 0 Å². The maximum Gasteiger partial charge on any atom is 0.245 e. The number of benzene rings is 1. The highest BCUT2D eigenvalue weighted by Gasteiger charge is 2.26. The van der Waals surface area contributed by atoms with E-state index in [1.54, 1.807) is 6.20 Å². The second kappa shape index (κ2) is 8.10. The van der Waals surface area contributed by atoms with Gasteiger partial charge in [0, 0.05) is 55.7 Å². The third-order valence-corrected chi connectivity index (χ3v) is 5.94. The molecule has 0 radical (unpaired) electrons. The molecule has 0 bridgehead atoms. The average Bonchev–Trinajstić information content (AvgIpc) is 3.31. The van der Waals surface area contributed by atoms with E-state index >= 15 is 0 Å². The lowest BCUT2D eigenvalue weighted by molar-refractivity contribution is -0.134. The van der Waals surface area contributed by atoms with Crippen molar-refractivity contribution in [3.63, 3.8) is 0 Å². The molecule has 1 aromatic carbocycles. The smallest absolute Gasteiger partial charge is 0.245 e. The summed E-state index contributed by atoms with van der Waals surface area (Å²) in [6.45, 7) is 6.98. The lowest BCUT2D eigenvalue weighted by Crippen LogP contribution is -2.39. The number of anilines is 1. The van der Waals surface area contributed by atoms with Gasteiger partial charge in [-0.15, -0.1) is 0 Å². The number of aromatic nitrogens is 4. The van der Waals surface area contributed by atoms with Gasteiger partial charge in [-0.25, -0.2) is 9.97 Å². The molecule has 1 fully saturated rings. The van der Waals surface area contributed by atoms with Crippen molar-refractivity contribution >= 4 is 22.6 Å². The minimum absolute atomic E-state index is 0.130. The topological polar surface area (TPSA) is 67.2 Å². The highest BCUT2D eigenvalue weighted by Crippen LogP contribution is 2.23. The predicted octanol–water partition coefficient (Wildman–Crippen LogP) is 3.01. The Morgan fingerprint density at radius 3 is 2.71 bits per heavy atom. The van der Waals surface area contributed by atoms with Crippen LogP contribution in [0.2, 0.25) is 0 Å². The van der Waals surface area contributed by atoms with Gasteiger partial charge in [-0.1, -0.05) is 30.3 Å². The van der Waals surface area contributed by atoms with Crippen molar-refractivity contribution in [3.8, 4) is 11.4 Å². The van der Waals surface area contributed by atoms with Crippen molar-refractivity contribution in [1.29, 1.82) is 0 Å². The second-order valence-corrected chi connectivity index (χ2v) is 7.72. The van der Waals surface area contributed by atoms with Crippen molar-refractivity contribution in [2.24, 2.45) is 0 Å². The molecule has 1 aliphatic heterocycles. The van der Waals surface area contributed by atoms with Gasteiger partial charge in [0.05, 0.1) is 0 Å². The van der Waals surface area contributed by atoms with E-state index in [-0.39, 0.29) is 11.9 Å². The number of amides is 1. The summed E-state index contributed by atoms with van der Waals surface area (Å²) in [4.78, 5) is 26.4. The Balaban J connectivity index is 1.47. The summed E-state index contributed by atoms with van der Waals surface area (Å²) in [5, 5.41) is 0.945. The quantitative estimate of drug-likeness (QED) is 0.678. The van der Waals surface area contributed by atoms with Crippen LogP contribution in [0.1, 0.15) is 25.2 Å². The molecular formula is C20H24N6OS. The van der Waals surface area contributed by atoms with Crippen LogP contribution in [0.5, 0.6) is 0 Å². The van der Waals surface area contributed by atoms with Crippen molar-refractivity contribution in [3.05, 3.63) is 48.5 Å². The highest BCUT2D eigenvalue weighted by molar-refractivity contribution is 7.09. The fourth-order valence-electron chi connectivity index (χ4n) is 3.56. The van der Waals surface area contributed by atoms with Gasteiger partial charge in [0.25, 0.3) is 0 Å². The molecule has 3 aromatic rings. The normalized spacial score (nSPS) is 16.1. The lowest BCUT2D eigenvalue weighted by Gasteiger charge is -2.26. The van der Waals surface area contributed by atoms with Crippen molar-refractivity contribution in [1.82, 2.24) is 23.8 Å². The summed E-state index contributed by atoms with van der Waals surface area (Å²) in [6, 6.07) is 9.69. The van der Waals surface area contributed by atoms with E-state index < -0.39 is 0 Å². The van der Waals surface area contributed by atoms with E-state index in [0.717, 1.165) is 48.4 Å². The first-order valence-electron chi connectivity index (χ1n) is 9.56. The number of hydrogen-bond donors (Lipinski definition) is 0. The standard InChI is InChI=1S/C20H24N6OS/c1-15(26-12-9-21-18(26)17-7-4-3-5-8-17)19(27)24-10-6-11-25(14-13-24)20-22-16(2)23-28-20/h3-5,7-9,12,15H,6,10-11,13-14H2,1-2H3/t15-/m0/s1. The Bertz CT molecular complexity index is 937. The Morgan fingerprint density at radius 2 is 1.96 bits per heavy atom. The van der Waals surface area contributed by atoms with Gasteiger partial charge in [-0.2, -0.15) is 4.37 Å². The summed E-state index contributed by atoms with van der Waals surface area (Å²) in [5.74, 6) is 1.76. The Hall–Kier alpha value is -2.74. The zero-order valence-electron chi connectivity index (χ0n) is 16.2. The van der Waals surface area contributed by atoms with Gasteiger partial charge in [0.1, 0.15) is 17.7 Å². The Kier molecular flexibility index (Phi) is 5.38. The minimum atomic E-state index is -0.298. The first-order chi connectivity index (χ1) is 13.6. The van der Waals surface area contributed by atoms with Crippen molar-refractivity contribution < 1.29 is 4.79 Å². The van der Waals surface area contributed by atoms with E-state index in [2.05, 4.69) is 19.2 Å². The van der Waals surface area contributed by atoms with Crippen molar-refractivity contribution in [2.45, 2.75) is 26.3 Å². The molecule has 1 saturated heterocycles. The maximum atomic E-state index is 13.2. The molecule has 8 heteroatoms. The molecule has 4 rings (SSSR count).